The third-order valence-electron chi connectivity index (χ3n) is 15.9. The van der Waals surface area contributed by atoms with Gasteiger partial charge >= 0.3 is 127 Å². The molecule has 666 valence electrons. The number of alkyl halides is 4. The number of ether oxygens (including phenoxy) is 2. The van der Waals surface area contributed by atoms with Crippen LogP contribution < -0.4 is 119 Å². The number of esters is 2. The number of nitrogens with one attached hydrogen (secondary N) is 3. The van der Waals surface area contributed by atoms with Crippen molar-refractivity contribution in [1.82, 2.24) is 34.2 Å². The second-order valence-electron chi connectivity index (χ2n) is 28.7. The molecule has 0 saturated heterocycles. The van der Waals surface area contributed by atoms with E-state index in [-0.39, 0.29) is 244 Å². The van der Waals surface area contributed by atoms with Crippen LogP contribution in [0.2, 0.25) is 10.0 Å². The van der Waals surface area contributed by atoms with Crippen LogP contribution >= 0.6 is 103 Å². The van der Waals surface area contributed by atoms with Crippen molar-refractivity contribution < 1.29 is 208 Å². The first-order valence-corrected chi connectivity index (χ1v) is 41.2. The van der Waals surface area contributed by atoms with Gasteiger partial charge in [0.15, 0.2) is 23.1 Å². The predicted molar refractivity (Wildman–Crippen MR) is 479 cm³/mol. The maximum Gasteiger partial charge on any atom is 1.00 e. The minimum atomic E-state index is -4.64. The quantitative estimate of drug-likeness (QED) is 0.00716. The first-order chi connectivity index (χ1) is 55.8. The fraction of sp³-hybridized carbons (Fsp3) is 0.349. The number of aromatic nitrogens is 4. The molecule has 10 rings (SSSR count). The van der Waals surface area contributed by atoms with Gasteiger partial charge in [-0.1, -0.05) is 156 Å². The zero-order chi connectivity index (χ0) is 91.0. The summed E-state index contributed by atoms with van der Waals surface area (Å²) in [6.07, 6.45) is 2.32. The number of nitrogens with zero attached hydrogens (tertiary/aromatic N) is 4. The van der Waals surface area contributed by atoms with E-state index in [0.717, 1.165) is 73.5 Å². The first kappa shape index (κ1) is 120. The van der Waals surface area contributed by atoms with Crippen LogP contribution in [0.15, 0.2) is 152 Å². The van der Waals surface area contributed by atoms with E-state index in [4.69, 9.17) is 52.6 Å². The number of ketones is 4. The van der Waals surface area contributed by atoms with Gasteiger partial charge in [0.05, 0.1) is 16.6 Å². The Hall–Kier alpha value is -6.02. The summed E-state index contributed by atoms with van der Waals surface area (Å²) in [6, 6.07) is 31.6. The minimum absolute atomic E-state index is 0. The smallest absolute Gasteiger partial charge is 1.00 e. The predicted octanol–water partition coefficient (Wildman–Crippen LogP) is 14.6. The number of aromatic amines is 1. The van der Waals surface area contributed by atoms with Crippen LogP contribution in [0.25, 0.3) is 43.6 Å². The summed E-state index contributed by atoms with van der Waals surface area (Å²) in [7, 11) is 0. The normalized spacial score (nSPS) is 10.5. The number of aldehydes is 1. The van der Waals surface area contributed by atoms with Gasteiger partial charge in [-0.25, -0.2) is 8.78 Å². The van der Waals surface area contributed by atoms with Crippen LogP contribution in [0.5, 0.6) is 0 Å². The summed E-state index contributed by atoms with van der Waals surface area (Å²) in [5.41, 5.74) is 5.56. The number of aliphatic carboxylic acids is 1. The standard InChI is InChI=1S/C24H24BrClFN3O3.C16H18BrNO3.C13H17ClFNO.C12H10BrNO3.C10H8BrNO.C6H11BrO2.C2HF3O.CH2O3.2CH4.2K.H/c1-14(2)30(12-22(32)28-10-16-5-4-6-20(26)24(16)27)23(33)13-29-11-19(15(3)31)18-9-17(25)7-8-21(18)29;1-10(19)13-8-18(9-15(20)21-16(2,3)4)14-6-5-11(17)7-12(13)14;1-9(2)6-7-12(17)16-8-10-4-3-5-11(14)13(10)15;1-7(15)10-5-14(6-12(16)17)11-3-2-8(13)4-9(10)11;1-6(13)9-5-12-10-3-2-7(11)4-8(9)10;1-6(2,3)9-5(8)4-7;3-2(4,5)1-6;2-1-4-3;;;;;/h4-9,11,14H,10,12-13H2,1-3H3,(H,28,32);5-8H,9H2,1-4H3;3-5,9H,6-8H2,1-2H3,(H,16,17);2-5H,6H2,1H3,(H,16,17);2-5,12H,1H3;4H2,1-3H3;1H;1,3H;2*1H4;;;/q;;;;;;;;;;2*+1;-1/p-1. The van der Waals surface area contributed by atoms with E-state index in [1.54, 1.807) is 69.7 Å². The van der Waals surface area contributed by atoms with Gasteiger partial charge < -0.3 is 60.4 Å². The molecule has 10 aromatic rings. The third kappa shape index (κ3) is 42.5. The molecule has 0 aliphatic carbocycles. The zero-order valence-electron chi connectivity index (χ0n) is 70.7. The number of H-pyrrole nitrogens is 1. The Morgan fingerprint density at radius 1 is 0.565 bits per heavy atom. The molecular formula is C86H99Br5Cl2F5K2N7O17. The van der Waals surface area contributed by atoms with Crippen LogP contribution in [0.3, 0.4) is 0 Å². The largest absolute Gasteiger partial charge is 1.00 e. The SMILES string of the molecule is C.C.CC(=O)c1c[nH]c2ccc(Br)cc12.CC(=O)c1cn(CC(=O)N(CC(=O)NCc2cccc(Cl)c2F)C(C)C)c2ccc(Br)cc12.CC(=O)c1cn(CC(=O)O)c2ccc(Br)cc12.CC(=O)c1cn(CC(=O)OC(C)(C)C)c2ccc(Br)cc12.CC(C)(C)OC(=O)CBr.CC(C)CCC(=O)NCc1cccc(Cl)c1F.O=CC(F)(F)F.O=CO[O-].[H-].[K+].[K+]. The van der Waals surface area contributed by atoms with Crippen LogP contribution in [0.1, 0.15) is 179 Å². The number of carbonyl (C=O) groups excluding carboxylic acids is 11. The topological polar surface area (TPSA) is 334 Å². The van der Waals surface area contributed by atoms with Gasteiger partial charge in [-0.05, 0) is 180 Å². The fourth-order valence-electron chi connectivity index (χ4n) is 10.7. The van der Waals surface area contributed by atoms with Crippen molar-refractivity contribution in [1.29, 1.82) is 0 Å². The van der Waals surface area contributed by atoms with Gasteiger partial charge in [0.1, 0.15) is 47.8 Å². The molecule has 0 saturated carbocycles. The molecular weight excluding hydrogens is 2050 g/mol. The molecule has 0 spiro atoms. The number of Topliss-reactive ketones (excluding diaryl/α,β-unsaturated/α-hetero) is 4. The van der Waals surface area contributed by atoms with E-state index in [9.17, 15) is 69.9 Å². The van der Waals surface area contributed by atoms with E-state index in [1.807, 2.05) is 122 Å². The molecule has 0 bridgehead atoms. The number of carboxylic acids is 1. The summed E-state index contributed by atoms with van der Waals surface area (Å²) < 4.78 is 77.6. The molecule has 0 unspecified atom stereocenters. The van der Waals surface area contributed by atoms with Crippen molar-refractivity contribution >= 4 is 218 Å². The Bertz CT molecular complexity index is 5310. The van der Waals surface area contributed by atoms with Gasteiger partial charge in [-0.2, -0.15) is 13.2 Å². The molecule has 4 aromatic heterocycles. The monoisotopic (exact) mass is 2140 g/mol. The number of amides is 3. The summed E-state index contributed by atoms with van der Waals surface area (Å²) in [5, 5.41) is 26.2. The van der Waals surface area contributed by atoms with Gasteiger partial charge in [0.2, 0.25) is 24.0 Å². The van der Waals surface area contributed by atoms with Crippen LogP contribution in [0.4, 0.5) is 22.0 Å². The van der Waals surface area contributed by atoms with Crippen LogP contribution in [-0.4, -0.2) is 136 Å². The van der Waals surface area contributed by atoms with E-state index in [2.05, 4.69) is 114 Å². The van der Waals surface area contributed by atoms with E-state index < -0.39 is 41.6 Å². The van der Waals surface area contributed by atoms with Crippen molar-refractivity contribution in [2.24, 2.45) is 5.92 Å². The molecule has 6 aromatic carbocycles. The number of fused-ring (bicyclic) bond motifs is 4. The number of benzene rings is 6. The number of hydrogen-bond donors (Lipinski definition) is 4. The fourth-order valence-corrected chi connectivity index (χ4v) is 12.7. The Kier molecular flexibility index (Phi) is 56.0. The average molecular weight is 2150 g/mol. The molecule has 0 aliphatic rings. The van der Waals surface area contributed by atoms with Gasteiger partial charge in [0.25, 0.3) is 6.47 Å². The van der Waals surface area contributed by atoms with Gasteiger partial charge in [-0.3, -0.25) is 57.5 Å². The molecule has 124 heavy (non-hydrogen) atoms. The molecule has 0 atom stereocenters. The second kappa shape index (κ2) is 57.8. The molecule has 0 aliphatic heterocycles. The number of rotatable bonds is 22. The van der Waals surface area contributed by atoms with Crippen molar-refractivity contribution in [3.05, 3.63) is 207 Å². The maximum atomic E-state index is 14.0. The molecule has 0 fully saturated rings. The van der Waals surface area contributed by atoms with E-state index >= 15 is 0 Å². The molecule has 24 nitrogen and oxygen atoms in total. The Balaban J connectivity index is -0.00000144. The Labute approximate surface area is 855 Å². The molecule has 3 amide bonds. The number of hydrogen-bond acceptors (Lipinski definition) is 16. The summed E-state index contributed by atoms with van der Waals surface area (Å²) >= 11 is 27.9. The van der Waals surface area contributed by atoms with E-state index in [0.29, 0.717) is 34.6 Å². The maximum absolute atomic E-state index is 14.0. The number of carbonyl (C=O) groups is 12. The summed E-state index contributed by atoms with van der Waals surface area (Å²) in [6.45, 7) is 24.5. The van der Waals surface area contributed by atoms with Crippen molar-refractivity contribution in [3.63, 3.8) is 0 Å². The molecule has 4 heterocycles. The molecule has 38 heteroatoms. The average Bonchev–Trinajstić information content (AvgIpc) is 1.65. The first-order valence-electron chi connectivity index (χ1n) is 36.2. The van der Waals surface area contributed by atoms with Crippen molar-refractivity contribution in [2.45, 2.75) is 181 Å². The van der Waals surface area contributed by atoms with Crippen molar-refractivity contribution in [3.8, 4) is 0 Å². The number of halogens is 12. The van der Waals surface area contributed by atoms with E-state index in [1.165, 1.54) is 43.9 Å². The second-order valence-corrected chi connectivity index (χ2v) is 33.7. The molecule has 0 radical (unpaired) electrons. The third-order valence-corrected chi connectivity index (χ3v) is 19.0. The Morgan fingerprint density at radius 2 is 0.919 bits per heavy atom. The Morgan fingerprint density at radius 3 is 1.25 bits per heavy atom. The minimum Gasteiger partial charge on any atom is -1.00 e. The van der Waals surface area contributed by atoms with Crippen molar-refractivity contribution in [2.75, 3.05) is 11.9 Å². The zero-order valence-corrected chi connectivity index (χ0v) is 85.4. The molecule has 4 N–H and O–H groups in total. The number of carboxylic acid groups (broad SMARTS) is 1. The van der Waals surface area contributed by atoms with Crippen LogP contribution in [-0.2, 0) is 85.4 Å². The summed E-state index contributed by atoms with van der Waals surface area (Å²) in [5.74, 6) is -2.88. The summed E-state index contributed by atoms with van der Waals surface area (Å²) in [4.78, 5) is 141. The van der Waals surface area contributed by atoms with Gasteiger partial charge in [-0.15, -0.1) is 0 Å². The van der Waals surface area contributed by atoms with Crippen LogP contribution in [0, 0.1) is 17.6 Å². The van der Waals surface area contributed by atoms with Gasteiger partial charge in [0, 0.05) is 145 Å².